The summed E-state index contributed by atoms with van der Waals surface area (Å²) < 4.78 is 0. The van der Waals surface area contributed by atoms with E-state index >= 15 is 0 Å². The Hall–Kier alpha value is -1.94. The van der Waals surface area contributed by atoms with Gasteiger partial charge in [-0.1, -0.05) is 30.3 Å². The van der Waals surface area contributed by atoms with Crippen LogP contribution in [0.1, 0.15) is 17.7 Å². The van der Waals surface area contributed by atoms with E-state index in [0.29, 0.717) is 11.6 Å². The molecule has 1 heterocycles. The van der Waals surface area contributed by atoms with Gasteiger partial charge in [-0.3, -0.25) is 0 Å². The number of anilines is 1. The molecule has 1 aromatic carbocycles. The summed E-state index contributed by atoms with van der Waals surface area (Å²) in [4.78, 5) is 8.26. The molecule has 0 aliphatic heterocycles. The van der Waals surface area contributed by atoms with Gasteiger partial charge in [0, 0.05) is 12.7 Å². The molecule has 2 rings (SSSR count). The van der Waals surface area contributed by atoms with Gasteiger partial charge >= 0.3 is 0 Å². The minimum Gasteiger partial charge on any atom is -0.390 e. The lowest BCUT2D eigenvalue weighted by Crippen LogP contribution is -2.07. The zero-order valence-electron chi connectivity index (χ0n) is 10.2. The van der Waals surface area contributed by atoms with Crippen molar-refractivity contribution in [3.63, 3.8) is 0 Å². The van der Waals surface area contributed by atoms with Gasteiger partial charge in [0.2, 0.25) is 5.95 Å². The quantitative estimate of drug-likeness (QED) is 0.762. The lowest BCUT2D eigenvalue weighted by atomic mass is 10.1. The summed E-state index contributed by atoms with van der Waals surface area (Å²) in [6.07, 6.45) is 3.71. The van der Waals surface area contributed by atoms with E-state index < -0.39 is 0 Å². The average Bonchev–Trinajstić information content (AvgIpc) is 2.45. The highest BCUT2D eigenvalue weighted by molar-refractivity contribution is 5.24. The predicted molar refractivity (Wildman–Crippen MR) is 71.2 cm³/mol. The van der Waals surface area contributed by atoms with Crippen molar-refractivity contribution in [3.05, 3.63) is 53.9 Å². The van der Waals surface area contributed by atoms with Gasteiger partial charge in [-0.15, -0.1) is 0 Å². The average molecular weight is 243 g/mol. The van der Waals surface area contributed by atoms with Gasteiger partial charge in [0.25, 0.3) is 0 Å². The molecule has 18 heavy (non-hydrogen) atoms. The molecule has 0 bridgehead atoms. The number of aliphatic hydroxyl groups is 1. The van der Waals surface area contributed by atoms with E-state index in [0.717, 1.165) is 19.4 Å². The van der Waals surface area contributed by atoms with E-state index in [1.165, 1.54) is 5.56 Å². The first-order valence-electron chi connectivity index (χ1n) is 6.09. The third-order valence-electron chi connectivity index (χ3n) is 2.64. The number of benzene rings is 1. The van der Waals surface area contributed by atoms with Crippen LogP contribution in [0.5, 0.6) is 0 Å². The number of nitrogens with one attached hydrogen (secondary N) is 1. The molecule has 4 nitrogen and oxygen atoms in total. The van der Waals surface area contributed by atoms with E-state index in [1.54, 1.807) is 12.3 Å². The highest BCUT2D eigenvalue weighted by atomic mass is 16.3. The van der Waals surface area contributed by atoms with Crippen LogP contribution in [0, 0.1) is 0 Å². The molecule has 2 N–H and O–H groups in total. The van der Waals surface area contributed by atoms with E-state index in [2.05, 4.69) is 39.6 Å². The number of aryl methyl sites for hydroxylation is 1. The summed E-state index contributed by atoms with van der Waals surface area (Å²) in [6, 6.07) is 12.1. The molecule has 0 saturated carbocycles. The van der Waals surface area contributed by atoms with Gasteiger partial charge < -0.3 is 10.4 Å². The molecular weight excluding hydrogens is 226 g/mol. The minimum atomic E-state index is -0.0543. The number of hydrogen-bond acceptors (Lipinski definition) is 4. The molecule has 0 aliphatic rings. The van der Waals surface area contributed by atoms with Crippen molar-refractivity contribution in [2.75, 3.05) is 11.9 Å². The maximum Gasteiger partial charge on any atom is 0.222 e. The topological polar surface area (TPSA) is 58.0 Å². The van der Waals surface area contributed by atoms with E-state index in [4.69, 9.17) is 5.11 Å². The van der Waals surface area contributed by atoms with Crippen LogP contribution in [0.15, 0.2) is 42.6 Å². The van der Waals surface area contributed by atoms with Crippen LogP contribution in [-0.2, 0) is 13.0 Å². The van der Waals surface area contributed by atoms with Crippen LogP contribution < -0.4 is 5.32 Å². The number of aliphatic hydroxyl groups excluding tert-OH is 1. The molecule has 0 unspecified atom stereocenters. The van der Waals surface area contributed by atoms with Gasteiger partial charge in [0.1, 0.15) is 0 Å². The Morgan fingerprint density at radius 1 is 1.11 bits per heavy atom. The molecule has 0 spiro atoms. The smallest absolute Gasteiger partial charge is 0.222 e. The minimum absolute atomic E-state index is 0.0543. The summed E-state index contributed by atoms with van der Waals surface area (Å²) >= 11 is 0. The Labute approximate surface area is 107 Å². The van der Waals surface area contributed by atoms with Crippen molar-refractivity contribution < 1.29 is 5.11 Å². The summed E-state index contributed by atoms with van der Waals surface area (Å²) in [5.74, 6) is 0.578. The molecule has 4 heteroatoms. The highest BCUT2D eigenvalue weighted by Crippen LogP contribution is 2.04. The number of hydrogen-bond donors (Lipinski definition) is 2. The molecular formula is C14H17N3O. The Bertz CT molecular complexity index is 473. The second-order valence-electron chi connectivity index (χ2n) is 4.05. The molecule has 94 valence electrons. The highest BCUT2D eigenvalue weighted by Gasteiger charge is 1.97. The van der Waals surface area contributed by atoms with Gasteiger partial charge in [-0.25, -0.2) is 9.97 Å². The molecule has 0 amide bonds. The zero-order chi connectivity index (χ0) is 12.6. The van der Waals surface area contributed by atoms with Crippen molar-refractivity contribution in [2.45, 2.75) is 19.4 Å². The van der Waals surface area contributed by atoms with Crippen molar-refractivity contribution in [1.82, 2.24) is 9.97 Å². The van der Waals surface area contributed by atoms with Crippen LogP contribution in [0.25, 0.3) is 0 Å². The first-order chi connectivity index (χ1) is 8.88. The first-order valence-corrected chi connectivity index (χ1v) is 6.09. The molecule has 0 fully saturated rings. The van der Waals surface area contributed by atoms with Gasteiger partial charge in [0.15, 0.2) is 0 Å². The van der Waals surface area contributed by atoms with Gasteiger partial charge in [-0.05, 0) is 24.5 Å². The molecule has 0 saturated heterocycles. The maximum absolute atomic E-state index is 8.96. The molecule has 0 atom stereocenters. The fraction of sp³-hybridized carbons (Fsp3) is 0.286. The summed E-state index contributed by atoms with van der Waals surface area (Å²) in [7, 11) is 0. The fourth-order valence-corrected chi connectivity index (χ4v) is 1.71. The first kappa shape index (κ1) is 12.5. The van der Waals surface area contributed by atoms with Crippen LogP contribution in [-0.4, -0.2) is 21.6 Å². The summed E-state index contributed by atoms with van der Waals surface area (Å²) in [5, 5.41) is 12.1. The third-order valence-corrected chi connectivity index (χ3v) is 2.64. The van der Waals surface area contributed by atoms with E-state index in [9.17, 15) is 0 Å². The van der Waals surface area contributed by atoms with Crippen LogP contribution in [0.4, 0.5) is 5.95 Å². The monoisotopic (exact) mass is 243 g/mol. The molecule has 0 aliphatic carbocycles. The van der Waals surface area contributed by atoms with Crippen LogP contribution in [0.3, 0.4) is 0 Å². The fourth-order valence-electron chi connectivity index (χ4n) is 1.71. The van der Waals surface area contributed by atoms with Gasteiger partial charge in [0.05, 0.1) is 12.3 Å². The largest absolute Gasteiger partial charge is 0.390 e. The van der Waals surface area contributed by atoms with Gasteiger partial charge in [-0.2, -0.15) is 0 Å². The molecule has 0 radical (unpaired) electrons. The Kier molecular flexibility index (Phi) is 4.67. The second kappa shape index (κ2) is 6.71. The number of rotatable bonds is 6. The summed E-state index contributed by atoms with van der Waals surface area (Å²) in [5.41, 5.74) is 1.97. The SMILES string of the molecule is OCc1ccnc(NCCCc2ccccc2)n1. The predicted octanol–water partition coefficient (Wildman–Crippen LogP) is 2.01. The zero-order valence-corrected chi connectivity index (χ0v) is 10.2. The van der Waals surface area contributed by atoms with Crippen LogP contribution >= 0.6 is 0 Å². The molecule has 1 aromatic heterocycles. The Morgan fingerprint density at radius 2 is 1.94 bits per heavy atom. The van der Waals surface area contributed by atoms with Crippen LogP contribution in [0.2, 0.25) is 0 Å². The van der Waals surface area contributed by atoms with Crippen molar-refractivity contribution in [3.8, 4) is 0 Å². The van der Waals surface area contributed by atoms with E-state index in [-0.39, 0.29) is 6.61 Å². The molecule has 2 aromatic rings. The lowest BCUT2D eigenvalue weighted by Gasteiger charge is -2.05. The lowest BCUT2D eigenvalue weighted by molar-refractivity contribution is 0.277. The van der Waals surface area contributed by atoms with Crippen molar-refractivity contribution in [2.24, 2.45) is 0 Å². The number of aromatic nitrogens is 2. The summed E-state index contributed by atoms with van der Waals surface area (Å²) in [6.45, 7) is 0.769. The number of nitrogens with zero attached hydrogens (tertiary/aromatic N) is 2. The van der Waals surface area contributed by atoms with Crippen molar-refractivity contribution in [1.29, 1.82) is 0 Å². The van der Waals surface area contributed by atoms with E-state index in [1.807, 2.05) is 6.07 Å². The second-order valence-corrected chi connectivity index (χ2v) is 4.05. The Morgan fingerprint density at radius 3 is 2.72 bits per heavy atom. The standard InChI is InChI=1S/C14H17N3O/c18-11-13-8-10-16-14(17-13)15-9-4-7-12-5-2-1-3-6-12/h1-3,5-6,8,10,18H,4,7,9,11H2,(H,15,16,17). The Balaban J connectivity index is 1.75. The normalized spacial score (nSPS) is 10.3. The van der Waals surface area contributed by atoms with Crippen molar-refractivity contribution >= 4 is 5.95 Å². The third kappa shape index (κ3) is 3.82. The maximum atomic E-state index is 8.96.